The van der Waals surface area contributed by atoms with Crippen molar-refractivity contribution in [3.05, 3.63) is 29.6 Å². The first-order valence-electron chi connectivity index (χ1n) is 6.72. The Kier molecular flexibility index (Phi) is 6.81. The Balaban J connectivity index is 2.86. The van der Waals surface area contributed by atoms with E-state index in [1.54, 1.807) is 13.2 Å². The van der Waals surface area contributed by atoms with E-state index < -0.39 is 0 Å². The third-order valence-electron chi connectivity index (χ3n) is 3.30. The fourth-order valence-corrected chi connectivity index (χ4v) is 2.09. The molecule has 0 heterocycles. The quantitative estimate of drug-likeness (QED) is 0.785. The molecule has 108 valence electrons. The summed E-state index contributed by atoms with van der Waals surface area (Å²) in [7, 11) is 3.18. The summed E-state index contributed by atoms with van der Waals surface area (Å²) < 4.78 is 24.5. The molecule has 2 unspecified atom stereocenters. The number of methoxy groups -OCH3 is 2. The molecule has 1 aromatic carbocycles. The van der Waals surface area contributed by atoms with Gasteiger partial charge < -0.3 is 14.8 Å². The van der Waals surface area contributed by atoms with E-state index in [1.807, 2.05) is 26.0 Å². The molecule has 4 heteroatoms. The maximum atomic E-state index is 14.3. The number of benzene rings is 1. The van der Waals surface area contributed by atoms with Crippen LogP contribution in [0.2, 0.25) is 0 Å². The van der Waals surface area contributed by atoms with Gasteiger partial charge in [0.2, 0.25) is 0 Å². The molecular formula is C15H24FNO2. The van der Waals surface area contributed by atoms with Crippen LogP contribution in [0.15, 0.2) is 18.2 Å². The number of halogens is 1. The zero-order valence-electron chi connectivity index (χ0n) is 12.2. The summed E-state index contributed by atoms with van der Waals surface area (Å²) in [6, 6.07) is 5.25. The van der Waals surface area contributed by atoms with Gasteiger partial charge in [-0.2, -0.15) is 0 Å². The van der Waals surface area contributed by atoms with Gasteiger partial charge in [0, 0.05) is 18.7 Å². The minimum Gasteiger partial charge on any atom is -0.494 e. The molecule has 0 radical (unpaired) electrons. The van der Waals surface area contributed by atoms with Crippen molar-refractivity contribution in [3.8, 4) is 5.75 Å². The first-order chi connectivity index (χ1) is 9.13. The average Bonchev–Trinajstić information content (AvgIpc) is 2.43. The fraction of sp³-hybridized carbons (Fsp3) is 0.600. The van der Waals surface area contributed by atoms with E-state index in [1.165, 1.54) is 7.11 Å². The summed E-state index contributed by atoms with van der Waals surface area (Å²) in [6.45, 7) is 4.83. The van der Waals surface area contributed by atoms with Crippen molar-refractivity contribution in [2.24, 2.45) is 0 Å². The second-order valence-corrected chi connectivity index (χ2v) is 4.60. The molecule has 0 amide bonds. The lowest BCUT2D eigenvalue weighted by molar-refractivity contribution is 0.106. The van der Waals surface area contributed by atoms with E-state index in [0.717, 1.165) is 19.4 Å². The summed E-state index contributed by atoms with van der Waals surface area (Å²) in [6.07, 6.45) is 1.88. The Morgan fingerprint density at radius 1 is 1.26 bits per heavy atom. The Morgan fingerprint density at radius 2 is 2.00 bits per heavy atom. The van der Waals surface area contributed by atoms with Gasteiger partial charge >= 0.3 is 0 Å². The zero-order valence-corrected chi connectivity index (χ0v) is 12.2. The summed E-state index contributed by atoms with van der Waals surface area (Å²) in [5, 5.41) is 3.32. The zero-order chi connectivity index (χ0) is 14.3. The van der Waals surface area contributed by atoms with Crippen molar-refractivity contribution < 1.29 is 13.9 Å². The monoisotopic (exact) mass is 269 g/mol. The van der Waals surface area contributed by atoms with Crippen LogP contribution in [-0.2, 0) is 4.74 Å². The maximum Gasteiger partial charge on any atom is 0.169 e. The van der Waals surface area contributed by atoms with Crippen molar-refractivity contribution in [3.63, 3.8) is 0 Å². The van der Waals surface area contributed by atoms with Gasteiger partial charge in [0.1, 0.15) is 0 Å². The van der Waals surface area contributed by atoms with E-state index in [2.05, 4.69) is 5.32 Å². The highest BCUT2D eigenvalue weighted by atomic mass is 19.1. The lowest BCUT2D eigenvalue weighted by Gasteiger charge is -2.21. The molecule has 0 aromatic heterocycles. The van der Waals surface area contributed by atoms with E-state index >= 15 is 0 Å². The molecule has 0 spiro atoms. The molecule has 19 heavy (non-hydrogen) atoms. The van der Waals surface area contributed by atoms with Gasteiger partial charge in [-0.3, -0.25) is 0 Å². The molecule has 0 aliphatic heterocycles. The minimum atomic E-state index is -0.277. The lowest BCUT2D eigenvalue weighted by atomic mass is 9.99. The molecule has 0 fully saturated rings. The van der Waals surface area contributed by atoms with Crippen LogP contribution in [0.25, 0.3) is 0 Å². The van der Waals surface area contributed by atoms with Gasteiger partial charge in [-0.1, -0.05) is 19.1 Å². The van der Waals surface area contributed by atoms with Crippen LogP contribution in [-0.4, -0.2) is 26.9 Å². The number of hydrogen-bond donors (Lipinski definition) is 1. The standard InChI is InChI=1S/C15H24FNO2/c1-5-17-13(10-9-11(2)18-3)12-7-6-8-14(19-4)15(12)16/h6-8,11,13,17H,5,9-10H2,1-4H3. The smallest absolute Gasteiger partial charge is 0.169 e. The highest BCUT2D eigenvalue weighted by Gasteiger charge is 2.18. The Hall–Kier alpha value is -1.13. The fourth-order valence-electron chi connectivity index (χ4n) is 2.09. The van der Waals surface area contributed by atoms with E-state index in [-0.39, 0.29) is 18.0 Å². The molecule has 0 bridgehead atoms. The van der Waals surface area contributed by atoms with E-state index in [0.29, 0.717) is 11.3 Å². The summed E-state index contributed by atoms with van der Waals surface area (Å²) in [5.74, 6) is 0.0150. The molecule has 0 saturated heterocycles. The van der Waals surface area contributed by atoms with Gasteiger partial charge in [-0.05, 0) is 32.4 Å². The third kappa shape index (κ3) is 4.48. The highest BCUT2D eigenvalue weighted by Crippen LogP contribution is 2.28. The molecule has 0 saturated carbocycles. The second kappa shape index (κ2) is 8.12. The Morgan fingerprint density at radius 3 is 2.58 bits per heavy atom. The van der Waals surface area contributed by atoms with Crippen LogP contribution < -0.4 is 10.1 Å². The number of nitrogens with one attached hydrogen (secondary N) is 1. The summed E-state index contributed by atoms with van der Waals surface area (Å²) in [5.41, 5.74) is 0.657. The minimum absolute atomic E-state index is 0.0160. The SMILES string of the molecule is CCNC(CCC(C)OC)c1cccc(OC)c1F. The third-order valence-corrected chi connectivity index (χ3v) is 3.30. The van der Waals surface area contributed by atoms with Crippen molar-refractivity contribution in [1.29, 1.82) is 0 Å². The first-order valence-corrected chi connectivity index (χ1v) is 6.72. The van der Waals surface area contributed by atoms with Crippen LogP contribution in [0.5, 0.6) is 5.75 Å². The predicted molar refractivity (Wildman–Crippen MR) is 75.1 cm³/mol. The van der Waals surface area contributed by atoms with E-state index in [4.69, 9.17) is 9.47 Å². The van der Waals surface area contributed by atoms with Gasteiger partial charge in [-0.25, -0.2) is 4.39 Å². The number of hydrogen-bond acceptors (Lipinski definition) is 3. The largest absolute Gasteiger partial charge is 0.494 e. The molecule has 2 atom stereocenters. The van der Waals surface area contributed by atoms with Crippen molar-refractivity contribution in [2.45, 2.75) is 38.8 Å². The molecule has 1 N–H and O–H groups in total. The van der Waals surface area contributed by atoms with Crippen molar-refractivity contribution in [1.82, 2.24) is 5.32 Å². The number of ether oxygens (including phenoxy) is 2. The first kappa shape index (κ1) is 15.9. The topological polar surface area (TPSA) is 30.5 Å². The average molecular weight is 269 g/mol. The summed E-state index contributed by atoms with van der Waals surface area (Å²) >= 11 is 0. The molecule has 1 rings (SSSR count). The lowest BCUT2D eigenvalue weighted by Crippen LogP contribution is -2.23. The van der Waals surface area contributed by atoms with E-state index in [9.17, 15) is 4.39 Å². The highest BCUT2D eigenvalue weighted by molar-refractivity contribution is 5.33. The van der Waals surface area contributed by atoms with Gasteiger partial charge in [-0.15, -0.1) is 0 Å². The normalized spacial score (nSPS) is 14.2. The molecular weight excluding hydrogens is 245 g/mol. The Labute approximate surface area is 115 Å². The molecule has 1 aromatic rings. The maximum absolute atomic E-state index is 14.3. The van der Waals surface area contributed by atoms with Gasteiger partial charge in [0.05, 0.1) is 13.2 Å². The van der Waals surface area contributed by atoms with Crippen LogP contribution >= 0.6 is 0 Å². The van der Waals surface area contributed by atoms with Gasteiger partial charge in [0.15, 0.2) is 11.6 Å². The van der Waals surface area contributed by atoms with Crippen LogP contribution in [0.3, 0.4) is 0 Å². The van der Waals surface area contributed by atoms with Crippen LogP contribution in [0, 0.1) is 5.82 Å². The molecule has 0 aliphatic rings. The van der Waals surface area contributed by atoms with Crippen molar-refractivity contribution in [2.75, 3.05) is 20.8 Å². The second-order valence-electron chi connectivity index (χ2n) is 4.60. The molecule has 3 nitrogen and oxygen atoms in total. The van der Waals surface area contributed by atoms with Crippen LogP contribution in [0.1, 0.15) is 38.3 Å². The van der Waals surface area contributed by atoms with Crippen molar-refractivity contribution >= 4 is 0 Å². The van der Waals surface area contributed by atoms with Gasteiger partial charge in [0.25, 0.3) is 0 Å². The predicted octanol–water partition coefficient (Wildman–Crippen LogP) is 3.30. The molecule has 0 aliphatic carbocycles. The summed E-state index contributed by atoms with van der Waals surface area (Å²) in [4.78, 5) is 0. The van der Waals surface area contributed by atoms with Crippen LogP contribution in [0.4, 0.5) is 4.39 Å². The number of rotatable bonds is 8. The Bertz CT molecular complexity index is 384.